The zero-order valence-corrected chi connectivity index (χ0v) is 12.1. The van der Waals surface area contributed by atoms with E-state index in [1.54, 1.807) is 0 Å². The maximum Gasteiger partial charge on any atom is 0.416 e. The molecule has 0 amide bonds. The molecule has 102 valence electrons. The predicted molar refractivity (Wildman–Crippen MR) is 69.4 cm³/mol. The molecule has 1 rings (SSSR count). The zero-order chi connectivity index (χ0) is 13.9. The normalized spacial score (nSPS) is 15.3. The molecule has 2 atom stereocenters. The van der Waals surface area contributed by atoms with Crippen molar-refractivity contribution in [3.8, 4) is 5.75 Å². The largest absolute Gasteiger partial charge is 0.496 e. The highest BCUT2D eigenvalue weighted by molar-refractivity contribution is 9.09. The highest BCUT2D eigenvalue weighted by atomic mass is 79.9. The molecule has 0 spiro atoms. The Balaban J connectivity index is 3.15. The van der Waals surface area contributed by atoms with Gasteiger partial charge in [0.05, 0.1) is 12.7 Å². The number of alkyl halides is 4. The average Bonchev–Trinajstić information content (AvgIpc) is 2.35. The van der Waals surface area contributed by atoms with E-state index in [0.29, 0.717) is 11.7 Å². The first-order valence-corrected chi connectivity index (χ1v) is 6.74. The average molecular weight is 325 g/mol. The third-order valence-electron chi connectivity index (χ3n) is 3.15. The van der Waals surface area contributed by atoms with Gasteiger partial charge in [-0.15, -0.1) is 0 Å². The molecular formula is C13H16BrF3O. The van der Waals surface area contributed by atoms with E-state index in [2.05, 4.69) is 15.9 Å². The van der Waals surface area contributed by atoms with Crippen LogP contribution in [-0.2, 0) is 6.18 Å². The molecule has 0 aliphatic rings. The van der Waals surface area contributed by atoms with E-state index in [0.717, 1.165) is 23.0 Å². The van der Waals surface area contributed by atoms with Gasteiger partial charge in [-0.3, -0.25) is 0 Å². The van der Waals surface area contributed by atoms with Gasteiger partial charge in [-0.25, -0.2) is 0 Å². The van der Waals surface area contributed by atoms with Crippen LogP contribution in [0.2, 0.25) is 0 Å². The van der Waals surface area contributed by atoms with Crippen molar-refractivity contribution in [1.29, 1.82) is 0 Å². The van der Waals surface area contributed by atoms with Crippen molar-refractivity contribution in [1.82, 2.24) is 0 Å². The molecule has 5 heteroatoms. The van der Waals surface area contributed by atoms with E-state index < -0.39 is 11.7 Å². The van der Waals surface area contributed by atoms with E-state index in [1.807, 2.05) is 13.8 Å². The Morgan fingerprint density at radius 1 is 1.28 bits per heavy atom. The Bertz CT molecular complexity index is 404. The Kier molecular flexibility index (Phi) is 5.08. The van der Waals surface area contributed by atoms with E-state index in [-0.39, 0.29) is 5.92 Å². The van der Waals surface area contributed by atoms with Crippen LogP contribution in [0.1, 0.15) is 30.9 Å². The molecule has 0 radical (unpaired) electrons. The molecule has 0 saturated heterocycles. The summed E-state index contributed by atoms with van der Waals surface area (Å²) in [6.07, 6.45) is -4.34. The van der Waals surface area contributed by atoms with Gasteiger partial charge in [0.15, 0.2) is 0 Å². The molecule has 0 N–H and O–H groups in total. The molecule has 0 aromatic heterocycles. The van der Waals surface area contributed by atoms with Gasteiger partial charge < -0.3 is 4.74 Å². The molecule has 0 bridgehead atoms. The molecule has 0 heterocycles. The van der Waals surface area contributed by atoms with Gasteiger partial charge in [-0.1, -0.05) is 35.8 Å². The third-order valence-corrected chi connectivity index (χ3v) is 4.17. The molecule has 18 heavy (non-hydrogen) atoms. The van der Waals surface area contributed by atoms with Crippen LogP contribution < -0.4 is 4.74 Å². The predicted octanol–water partition coefficient (Wildman–Crippen LogP) is 4.85. The van der Waals surface area contributed by atoms with Gasteiger partial charge in [0.2, 0.25) is 0 Å². The SMILES string of the molecule is COc1cc(C(F)(F)F)ccc1C(C)C(C)CBr. The van der Waals surface area contributed by atoms with Gasteiger partial charge in [0.25, 0.3) is 0 Å². The van der Waals surface area contributed by atoms with E-state index in [1.165, 1.54) is 13.2 Å². The lowest BCUT2D eigenvalue weighted by Crippen LogP contribution is -2.11. The first-order valence-electron chi connectivity index (χ1n) is 5.62. The second-order valence-corrected chi connectivity index (χ2v) is 5.02. The minimum atomic E-state index is -4.34. The van der Waals surface area contributed by atoms with Crippen molar-refractivity contribution >= 4 is 15.9 Å². The van der Waals surface area contributed by atoms with Gasteiger partial charge in [0.1, 0.15) is 5.75 Å². The topological polar surface area (TPSA) is 9.23 Å². The summed E-state index contributed by atoms with van der Waals surface area (Å²) in [7, 11) is 1.39. The summed E-state index contributed by atoms with van der Waals surface area (Å²) in [5.74, 6) is 0.738. The minimum Gasteiger partial charge on any atom is -0.496 e. The van der Waals surface area contributed by atoms with Crippen LogP contribution in [-0.4, -0.2) is 12.4 Å². The number of ether oxygens (including phenoxy) is 1. The van der Waals surface area contributed by atoms with E-state index in [4.69, 9.17) is 4.74 Å². The molecular weight excluding hydrogens is 309 g/mol. The minimum absolute atomic E-state index is 0.126. The number of hydrogen-bond acceptors (Lipinski definition) is 1. The van der Waals surface area contributed by atoms with Crippen molar-refractivity contribution in [2.24, 2.45) is 5.92 Å². The summed E-state index contributed by atoms with van der Waals surface area (Å²) in [5.41, 5.74) is 0.124. The first-order chi connectivity index (χ1) is 8.31. The molecule has 1 aromatic carbocycles. The van der Waals surface area contributed by atoms with E-state index >= 15 is 0 Å². The second-order valence-electron chi connectivity index (χ2n) is 4.37. The van der Waals surface area contributed by atoms with Crippen molar-refractivity contribution in [3.05, 3.63) is 29.3 Å². The first kappa shape index (κ1) is 15.3. The molecule has 2 unspecified atom stereocenters. The monoisotopic (exact) mass is 324 g/mol. The summed E-state index contributed by atoms with van der Waals surface area (Å²) < 4.78 is 42.9. The van der Waals surface area contributed by atoms with E-state index in [9.17, 15) is 13.2 Å². The van der Waals surface area contributed by atoms with Crippen LogP contribution in [0.3, 0.4) is 0 Å². The fourth-order valence-corrected chi connectivity index (χ4v) is 2.26. The Hall–Kier alpha value is -0.710. The summed E-state index contributed by atoms with van der Waals surface area (Å²) in [6, 6.07) is 3.67. The van der Waals surface area contributed by atoms with Crippen molar-refractivity contribution in [3.63, 3.8) is 0 Å². The standard InChI is InChI=1S/C13H16BrF3O/c1-8(7-14)9(2)11-5-4-10(13(15,16)17)6-12(11)18-3/h4-6,8-9H,7H2,1-3H3. The quantitative estimate of drug-likeness (QED) is 0.719. The lowest BCUT2D eigenvalue weighted by Gasteiger charge is -2.21. The molecule has 0 aliphatic carbocycles. The van der Waals surface area contributed by atoms with Crippen LogP contribution in [0.15, 0.2) is 18.2 Å². The Labute approximate surface area is 113 Å². The van der Waals surface area contributed by atoms with Gasteiger partial charge in [0, 0.05) is 5.33 Å². The number of benzene rings is 1. The van der Waals surface area contributed by atoms with Crippen molar-refractivity contribution < 1.29 is 17.9 Å². The van der Waals surface area contributed by atoms with Crippen LogP contribution in [0.5, 0.6) is 5.75 Å². The molecule has 0 fully saturated rings. The Morgan fingerprint density at radius 2 is 1.89 bits per heavy atom. The lowest BCUT2D eigenvalue weighted by atomic mass is 9.89. The van der Waals surface area contributed by atoms with Crippen LogP contribution in [0.4, 0.5) is 13.2 Å². The smallest absolute Gasteiger partial charge is 0.416 e. The van der Waals surface area contributed by atoms with Crippen molar-refractivity contribution in [2.45, 2.75) is 25.9 Å². The zero-order valence-electron chi connectivity index (χ0n) is 10.5. The summed E-state index contributed by atoms with van der Waals surface area (Å²) in [4.78, 5) is 0. The van der Waals surface area contributed by atoms with Gasteiger partial charge in [-0.2, -0.15) is 13.2 Å². The number of methoxy groups -OCH3 is 1. The number of rotatable bonds is 4. The summed E-state index contributed by atoms with van der Waals surface area (Å²) >= 11 is 3.38. The molecule has 1 aromatic rings. The highest BCUT2D eigenvalue weighted by Gasteiger charge is 2.31. The fourth-order valence-electron chi connectivity index (χ4n) is 1.70. The van der Waals surface area contributed by atoms with Gasteiger partial charge in [-0.05, 0) is 29.5 Å². The summed E-state index contributed by atoms with van der Waals surface area (Å²) in [6.45, 7) is 4.02. The third kappa shape index (κ3) is 3.40. The molecule has 0 aliphatic heterocycles. The van der Waals surface area contributed by atoms with Crippen LogP contribution in [0.25, 0.3) is 0 Å². The maximum absolute atomic E-state index is 12.6. The summed E-state index contributed by atoms with van der Waals surface area (Å²) in [5, 5.41) is 0.790. The molecule has 0 saturated carbocycles. The molecule has 1 nitrogen and oxygen atoms in total. The lowest BCUT2D eigenvalue weighted by molar-refractivity contribution is -0.137. The number of hydrogen-bond donors (Lipinski definition) is 0. The van der Waals surface area contributed by atoms with Crippen molar-refractivity contribution in [2.75, 3.05) is 12.4 Å². The highest BCUT2D eigenvalue weighted by Crippen LogP contribution is 2.37. The van der Waals surface area contributed by atoms with Crippen LogP contribution in [0, 0.1) is 5.92 Å². The number of halogens is 4. The van der Waals surface area contributed by atoms with Crippen LogP contribution >= 0.6 is 15.9 Å². The van der Waals surface area contributed by atoms with Gasteiger partial charge >= 0.3 is 6.18 Å². The maximum atomic E-state index is 12.6. The Morgan fingerprint density at radius 3 is 2.33 bits per heavy atom. The fraction of sp³-hybridized carbons (Fsp3) is 0.538. The second kappa shape index (κ2) is 5.95.